The Balaban J connectivity index is 3.33. The highest BCUT2D eigenvalue weighted by Gasteiger charge is 2.18. The van der Waals surface area contributed by atoms with Gasteiger partial charge in [0.25, 0.3) is 5.69 Å². The molecule has 16 heavy (non-hydrogen) atoms. The van der Waals surface area contributed by atoms with E-state index in [1.165, 1.54) is 10.1 Å². The van der Waals surface area contributed by atoms with Crippen molar-refractivity contribution < 1.29 is 18.6 Å². The fraction of sp³-hybridized carbons (Fsp3) is 0. The lowest BCUT2D eigenvalue weighted by Crippen LogP contribution is -2.76. The van der Waals surface area contributed by atoms with Crippen molar-refractivity contribution in [2.45, 2.75) is 4.90 Å². The number of nitro benzene ring substituents is 1. The molecule has 86 valence electrons. The van der Waals surface area contributed by atoms with Crippen LogP contribution in [0.25, 0.3) is 5.53 Å². The van der Waals surface area contributed by atoms with Crippen molar-refractivity contribution in [3.63, 3.8) is 0 Å². The molecule has 0 aliphatic heterocycles. The van der Waals surface area contributed by atoms with E-state index in [0.717, 1.165) is 18.2 Å². The summed E-state index contributed by atoms with van der Waals surface area (Å²) in [6.45, 7) is 0. The normalized spacial score (nSPS) is 10.8. The van der Waals surface area contributed by atoms with Gasteiger partial charge in [0, 0.05) is 6.07 Å². The molecule has 0 aromatic heterocycles. The topological polar surface area (TPSA) is 152 Å². The van der Waals surface area contributed by atoms with Gasteiger partial charge in [-0.2, -0.15) is 15.6 Å². The zero-order valence-corrected chi connectivity index (χ0v) is 8.56. The van der Waals surface area contributed by atoms with Crippen LogP contribution in [0.15, 0.2) is 23.1 Å². The fourth-order valence-electron chi connectivity index (χ4n) is 0.968. The van der Waals surface area contributed by atoms with Crippen molar-refractivity contribution in [3.8, 4) is 0 Å². The highest BCUT2D eigenvalue weighted by atomic mass is 32.2. The predicted molar refractivity (Wildman–Crippen MR) is 52.2 cm³/mol. The van der Waals surface area contributed by atoms with E-state index in [-0.39, 0.29) is 5.69 Å². The van der Waals surface area contributed by atoms with Gasteiger partial charge in [-0.05, 0) is 12.1 Å². The van der Waals surface area contributed by atoms with Gasteiger partial charge in [0.1, 0.15) is 5.69 Å². The number of hydrazine groups is 1. The van der Waals surface area contributed by atoms with Gasteiger partial charge in [-0.25, -0.2) is 8.42 Å². The molecule has 1 rings (SSSR count). The molecule has 0 fully saturated rings. The number of nitrogens with two attached hydrogens (primary N) is 1. The summed E-state index contributed by atoms with van der Waals surface area (Å²) >= 11 is 0. The average molecular weight is 245 g/mol. The zero-order chi connectivity index (χ0) is 12.3. The summed E-state index contributed by atoms with van der Waals surface area (Å²) in [6.07, 6.45) is 0. The van der Waals surface area contributed by atoms with Gasteiger partial charge in [-0.3, -0.25) is 10.1 Å². The minimum atomic E-state index is -4.05. The van der Waals surface area contributed by atoms with Crippen LogP contribution in [-0.4, -0.2) is 13.3 Å². The third-order valence-electron chi connectivity index (χ3n) is 1.69. The number of rotatable bonds is 4. The van der Waals surface area contributed by atoms with Gasteiger partial charge in [-0.1, -0.05) is 0 Å². The first-order chi connectivity index (χ1) is 7.38. The first kappa shape index (κ1) is 11.8. The molecule has 0 bridgehead atoms. The summed E-state index contributed by atoms with van der Waals surface area (Å²) in [5.41, 5.74) is 12.8. The van der Waals surface area contributed by atoms with Crippen LogP contribution in [0.2, 0.25) is 0 Å². The van der Waals surface area contributed by atoms with E-state index in [1.54, 1.807) is 0 Å². The summed E-state index contributed by atoms with van der Waals surface area (Å²) in [7, 11) is -4.05. The average Bonchev–Trinajstić information content (AvgIpc) is 2.17. The third kappa shape index (κ3) is 2.23. The number of nitrogen functional groups attached to an aromatic ring is 1. The Morgan fingerprint density at radius 2 is 2.12 bits per heavy atom. The van der Waals surface area contributed by atoms with E-state index in [2.05, 4.69) is 0 Å². The number of nitro groups is 1. The van der Waals surface area contributed by atoms with Crippen molar-refractivity contribution in [2.24, 2.45) is 0 Å². The second-order valence-corrected chi connectivity index (χ2v) is 4.38. The summed E-state index contributed by atoms with van der Waals surface area (Å²) in [4.78, 5) is 10.8. The van der Waals surface area contributed by atoms with Crippen LogP contribution in [0.3, 0.4) is 0 Å². The Morgan fingerprint density at radius 1 is 1.50 bits per heavy atom. The first-order valence-electron chi connectivity index (χ1n) is 3.83. The number of hydrogen-bond donors (Lipinski definition) is 3. The molecule has 9 nitrogen and oxygen atoms in total. The SMILES string of the molecule is [N-]=[NH+]NS(=O)(=O)c1ccc(N)c([N+](=O)[O-])c1. The molecule has 0 atom stereocenters. The monoisotopic (exact) mass is 245 g/mol. The molecule has 0 heterocycles. The van der Waals surface area contributed by atoms with Crippen LogP contribution >= 0.6 is 0 Å². The highest BCUT2D eigenvalue weighted by Crippen LogP contribution is 2.24. The largest absolute Gasteiger partial charge is 0.393 e. The smallest absolute Gasteiger partial charge is 0.293 e. The molecule has 0 aliphatic rings. The van der Waals surface area contributed by atoms with Gasteiger partial charge < -0.3 is 5.73 Å². The summed E-state index contributed by atoms with van der Waals surface area (Å²) in [6, 6.07) is 2.95. The summed E-state index contributed by atoms with van der Waals surface area (Å²) in [5.74, 6) is 0. The zero-order valence-electron chi connectivity index (χ0n) is 7.75. The van der Waals surface area contributed by atoms with E-state index in [1.807, 2.05) is 0 Å². The molecule has 1 aromatic carbocycles. The van der Waals surface area contributed by atoms with Gasteiger partial charge in [-0.15, -0.1) is 0 Å². The Bertz CT molecular complexity index is 540. The highest BCUT2D eigenvalue weighted by molar-refractivity contribution is 7.89. The molecule has 0 aliphatic carbocycles. The van der Waals surface area contributed by atoms with E-state index in [9.17, 15) is 18.5 Å². The number of benzene rings is 1. The number of anilines is 1. The molecular weight excluding hydrogens is 238 g/mol. The lowest BCUT2D eigenvalue weighted by atomic mass is 10.3. The van der Waals surface area contributed by atoms with Crippen molar-refractivity contribution in [2.75, 3.05) is 5.73 Å². The quantitative estimate of drug-likeness (QED) is 0.254. The van der Waals surface area contributed by atoms with Crippen LogP contribution in [0.1, 0.15) is 0 Å². The van der Waals surface area contributed by atoms with E-state index in [4.69, 9.17) is 11.3 Å². The first-order valence-corrected chi connectivity index (χ1v) is 5.31. The standard InChI is InChI=1S/C6H7N5O4S/c7-5-2-1-4(3-6(5)11(12)13)16(14,15)10-9-8/h1-3,9H,7H2,(H-,8,10). The van der Waals surface area contributed by atoms with Crippen molar-refractivity contribution in [1.29, 1.82) is 0 Å². The maximum atomic E-state index is 11.3. The minimum absolute atomic E-state index is 0.152. The van der Waals surface area contributed by atoms with E-state index < -0.39 is 25.5 Å². The van der Waals surface area contributed by atoms with E-state index in [0.29, 0.717) is 0 Å². The van der Waals surface area contributed by atoms with Crippen molar-refractivity contribution in [1.82, 2.24) is 4.83 Å². The summed E-state index contributed by atoms with van der Waals surface area (Å²) in [5, 5.41) is 11.7. The Morgan fingerprint density at radius 3 is 2.62 bits per heavy atom. The van der Waals surface area contributed by atoms with Gasteiger partial charge >= 0.3 is 0 Å². The Kier molecular flexibility index (Phi) is 3.04. The Hall–Kier alpha value is -2.23. The molecule has 0 saturated carbocycles. The maximum Gasteiger partial charge on any atom is 0.293 e. The lowest BCUT2D eigenvalue weighted by molar-refractivity contribution is -0.521. The minimum Gasteiger partial charge on any atom is -0.393 e. The number of sulfonamides is 1. The summed E-state index contributed by atoms with van der Waals surface area (Å²) < 4.78 is 22.6. The van der Waals surface area contributed by atoms with Gasteiger partial charge in [0.05, 0.1) is 9.82 Å². The molecule has 0 saturated heterocycles. The third-order valence-corrected chi connectivity index (χ3v) is 2.92. The second-order valence-electron chi connectivity index (χ2n) is 2.70. The van der Waals surface area contributed by atoms with Crippen LogP contribution in [0.5, 0.6) is 0 Å². The number of nitrogens with zero attached hydrogens (tertiary/aromatic N) is 2. The van der Waals surface area contributed by atoms with Gasteiger partial charge in [0.2, 0.25) is 10.0 Å². The molecule has 0 spiro atoms. The maximum absolute atomic E-state index is 11.3. The molecule has 4 N–H and O–H groups in total. The lowest BCUT2D eigenvalue weighted by Gasteiger charge is -2.04. The van der Waals surface area contributed by atoms with Gasteiger partial charge in [0.15, 0.2) is 0 Å². The Labute approximate surface area is 89.9 Å². The van der Waals surface area contributed by atoms with Crippen LogP contribution in [0.4, 0.5) is 11.4 Å². The van der Waals surface area contributed by atoms with E-state index >= 15 is 0 Å². The molecular formula is C6H7N5O4S. The second kappa shape index (κ2) is 4.10. The predicted octanol–water partition coefficient (Wildman–Crippen LogP) is -1.53. The fourth-order valence-corrected chi connectivity index (χ4v) is 1.72. The van der Waals surface area contributed by atoms with Crippen LogP contribution < -0.4 is 15.8 Å². The van der Waals surface area contributed by atoms with Crippen LogP contribution in [0, 0.1) is 10.1 Å². The molecule has 1 aromatic rings. The van der Waals surface area contributed by atoms with Crippen LogP contribution in [-0.2, 0) is 10.0 Å². The number of nitrogens with one attached hydrogen (secondary N) is 2. The van der Waals surface area contributed by atoms with Crippen molar-refractivity contribution in [3.05, 3.63) is 33.8 Å². The van der Waals surface area contributed by atoms with Crippen molar-refractivity contribution >= 4 is 21.4 Å². The number of hydrogen-bond acceptors (Lipinski definition) is 5. The molecule has 0 radical (unpaired) electrons. The molecule has 10 heteroatoms. The molecule has 0 unspecified atom stereocenters. The molecule has 0 amide bonds.